The molecule has 0 aromatic carbocycles. The van der Waals surface area contributed by atoms with Gasteiger partial charge in [0.15, 0.2) is 0 Å². The third kappa shape index (κ3) is 7.18. The van der Waals surface area contributed by atoms with Crippen LogP contribution < -0.4 is 22.1 Å². The maximum Gasteiger partial charge on any atom is 0.326 e. The highest BCUT2D eigenvalue weighted by molar-refractivity contribution is 5.95. The quantitative estimate of drug-likeness (QED) is 0.258. The number of amides is 4. The van der Waals surface area contributed by atoms with Crippen molar-refractivity contribution in [1.29, 1.82) is 0 Å². The van der Waals surface area contributed by atoms with Crippen molar-refractivity contribution in [2.24, 2.45) is 23.3 Å². The summed E-state index contributed by atoms with van der Waals surface area (Å²) in [6.07, 6.45) is 1.76. The second-order valence-electron chi connectivity index (χ2n) is 8.55. The molecule has 6 unspecified atom stereocenters. The zero-order valence-electron chi connectivity index (χ0n) is 19.3. The number of nitrogens with zero attached hydrogens (tertiary/aromatic N) is 1. The van der Waals surface area contributed by atoms with Crippen molar-refractivity contribution in [2.75, 3.05) is 6.54 Å². The standard InChI is InChI=1S/C21H37N5O6/c1-5-11(3)16(19(29)25-17(21(31)32)12(4)6-2)24-18(28)14-8-7-9-26(14)20(30)13(22)10-15(23)27/h11-14,16-17H,5-10,22H2,1-4H3,(H2,23,27)(H,24,28)(H,25,29)(H,31,32). The fourth-order valence-electron chi connectivity index (χ4n) is 3.70. The van der Waals surface area contributed by atoms with Gasteiger partial charge < -0.3 is 32.1 Å². The minimum Gasteiger partial charge on any atom is -0.480 e. The van der Waals surface area contributed by atoms with Crippen LogP contribution in [0.4, 0.5) is 0 Å². The van der Waals surface area contributed by atoms with E-state index in [0.29, 0.717) is 32.2 Å². The van der Waals surface area contributed by atoms with E-state index in [-0.39, 0.29) is 18.3 Å². The largest absolute Gasteiger partial charge is 0.480 e. The Bertz CT molecular complexity index is 715. The number of carboxylic acid groups (broad SMARTS) is 1. The van der Waals surface area contributed by atoms with Gasteiger partial charge in [-0.3, -0.25) is 19.2 Å². The number of hydrogen-bond acceptors (Lipinski definition) is 6. The Kier molecular flexibility index (Phi) is 10.6. The number of primary amides is 1. The van der Waals surface area contributed by atoms with Crippen LogP contribution in [0.2, 0.25) is 0 Å². The van der Waals surface area contributed by atoms with Crippen molar-refractivity contribution in [3.63, 3.8) is 0 Å². The predicted molar refractivity (Wildman–Crippen MR) is 117 cm³/mol. The maximum atomic E-state index is 13.0. The van der Waals surface area contributed by atoms with E-state index in [1.54, 1.807) is 13.8 Å². The third-order valence-electron chi connectivity index (χ3n) is 6.15. The van der Waals surface area contributed by atoms with Crippen LogP contribution in [0.3, 0.4) is 0 Å². The highest BCUT2D eigenvalue weighted by atomic mass is 16.4. The van der Waals surface area contributed by atoms with E-state index in [1.165, 1.54) is 4.90 Å². The summed E-state index contributed by atoms with van der Waals surface area (Å²) in [4.78, 5) is 62.5. The molecule has 0 radical (unpaired) electrons. The summed E-state index contributed by atoms with van der Waals surface area (Å²) in [7, 11) is 0. The minimum absolute atomic E-state index is 0.270. The average Bonchev–Trinajstić information content (AvgIpc) is 3.22. The highest BCUT2D eigenvalue weighted by Gasteiger charge is 2.39. The van der Waals surface area contributed by atoms with Crippen molar-refractivity contribution in [3.05, 3.63) is 0 Å². The molecule has 7 N–H and O–H groups in total. The van der Waals surface area contributed by atoms with Crippen LogP contribution in [-0.4, -0.2) is 70.3 Å². The molecule has 0 saturated carbocycles. The van der Waals surface area contributed by atoms with E-state index in [2.05, 4.69) is 10.6 Å². The molecule has 1 fully saturated rings. The van der Waals surface area contributed by atoms with Crippen molar-refractivity contribution in [1.82, 2.24) is 15.5 Å². The van der Waals surface area contributed by atoms with Gasteiger partial charge in [-0.25, -0.2) is 4.79 Å². The molecule has 1 rings (SSSR count). The first-order chi connectivity index (χ1) is 14.9. The van der Waals surface area contributed by atoms with Crippen molar-refractivity contribution in [2.45, 2.75) is 84.0 Å². The van der Waals surface area contributed by atoms with Gasteiger partial charge in [-0.1, -0.05) is 40.5 Å². The zero-order chi connectivity index (χ0) is 24.6. The van der Waals surface area contributed by atoms with Gasteiger partial charge in [0.1, 0.15) is 18.1 Å². The van der Waals surface area contributed by atoms with Gasteiger partial charge in [0.2, 0.25) is 23.6 Å². The van der Waals surface area contributed by atoms with Gasteiger partial charge in [-0.15, -0.1) is 0 Å². The van der Waals surface area contributed by atoms with E-state index in [4.69, 9.17) is 11.5 Å². The van der Waals surface area contributed by atoms with Crippen LogP contribution in [0.5, 0.6) is 0 Å². The Morgan fingerprint density at radius 1 is 1.03 bits per heavy atom. The van der Waals surface area contributed by atoms with Crippen LogP contribution in [0.1, 0.15) is 59.8 Å². The summed E-state index contributed by atoms with van der Waals surface area (Å²) in [5, 5.41) is 14.7. The van der Waals surface area contributed by atoms with E-state index in [9.17, 15) is 29.1 Å². The van der Waals surface area contributed by atoms with Gasteiger partial charge in [-0.05, 0) is 24.7 Å². The molecule has 0 aliphatic carbocycles. The Hall–Kier alpha value is -2.69. The molecule has 0 spiro atoms. The summed E-state index contributed by atoms with van der Waals surface area (Å²) in [5.74, 6) is -4.06. The fraction of sp³-hybridized carbons (Fsp3) is 0.762. The molecule has 0 aromatic rings. The molecule has 4 amide bonds. The Labute approximate surface area is 188 Å². The molecule has 1 aliphatic heterocycles. The first-order valence-electron chi connectivity index (χ1n) is 11.1. The van der Waals surface area contributed by atoms with E-state index < -0.39 is 53.8 Å². The topological polar surface area (TPSA) is 185 Å². The highest BCUT2D eigenvalue weighted by Crippen LogP contribution is 2.20. The average molecular weight is 456 g/mol. The molecule has 11 heteroatoms. The molecule has 1 aliphatic rings. The first-order valence-corrected chi connectivity index (χ1v) is 11.1. The minimum atomic E-state index is -1.14. The Morgan fingerprint density at radius 3 is 2.09 bits per heavy atom. The SMILES string of the molecule is CCC(C)C(NC(=O)C(NC(=O)C1CCCN1C(=O)C(N)CC(N)=O)C(C)CC)C(=O)O. The molecule has 6 atom stereocenters. The molecule has 0 aromatic heterocycles. The molecule has 32 heavy (non-hydrogen) atoms. The molecule has 11 nitrogen and oxygen atoms in total. The fourth-order valence-corrected chi connectivity index (χ4v) is 3.70. The molecule has 1 heterocycles. The smallest absolute Gasteiger partial charge is 0.326 e. The van der Waals surface area contributed by atoms with Crippen LogP contribution in [0.15, 0.2) is 0 Å². The summed E-state index contributed by atoms with van der Waals surface area (Å²) >= 11 is 0. The van der Waals surface area contributed by atoms with Crippen LogP contribution in [-0.2, 0) is 24.0 Å². The lowest BCUT2D eigenvalue weighted by Gasteiger charge is -2.30. The Morgan fingerprint density at radius 2 is 1.59 bits per heavy atom. The Balaban J connectivity index is 2.97. The van der Waals surface area contributed by atoms with Crippen LogP contribution >= 0.6 is 0 Å². The molecule has 1 saturated heterocycles. The number of nitrogens with two attached hydrogens (primary N) is 2. The number of nitrogens with one attached hydrogen (secondary N) is 2. The second kappa shape index (κ2) is 12.4. The number of rotatable bonds is 12. The number of carboxylic acids is 1. The lowest BCUT2D eigenvalue weighted by atomic mass is 9.95. The van der Waals surface area contributed by atoms with Gasteiger partial charge in [-0.2, -0.15) is 0 Å². The normalized spacial score (nSPS) is 20.5. The summed E-state index contributed by atoms with van der Waals surface area (Å²) in [5.41, 5.74) is 10.9. The second-order valence-corrected chi connectivity index (χ2v) is 8.55. The maximum absolute atomic E-state index is 13.0. The number of carbonyl (C=O) groups excluding carboxylic acids is 4. The van der Waals surface area contributed by atoms with E-state index in [0.717, 1.165) is 0 Å². The number of likely N-dealkylation sites (tertiary alicyclic amines) is 1. The molecule has 0 bridgehead atoms. The summed E-state index contributed by atoms with van der Waals surface area (Å²) in [6, 6.07) is -4.00. The monoisotopic (exact) mass is 455 g/mol. The van der Waals surface area contributed by atoms with Gasteiger partial charge in [0.05, 0.1) is 12.5 Å². The van der Waals surface area contributed by atoms with Gasteiger partial charge in [0.25, 0.3) is 0 Å². The summed E-state index contributed by atoms with van der Waals surface area (Å²) < 4.78 is 0. The van der Waals surface area contributed by atoms with Gasteiger partial charge in [0, 0.05) is 6.54 Å². The summed E-state index contributed by atoms with van der Waals surface area (Å²) in [6.45, 7) is 7.50. The third-order valence-corrected chi connectivity index (χ3v) is 6.15. The van der Waals surface area contributed by atoms with Crippen LogP contribution in [0.25, 0.3) is 0 Å². The zero-order valence-corrected chi connectivity index (χ0v) is 19.3. The predicted octanol–water partition coefficient (Wildman–Crippen LogP) is -0.673. The van der Waals surface area contributed by atoms with E-state index >= 15 is 0 Å². The number of aliphatic carboxylic acids is 1. The molecular weight excluding hydrogens is 418 g/mol. The number of carbonyl (C=O) groups is 5. The molecular formula is C21H37N5O6. The lowest BCUT2D eigenvalue weighted by molar-refractivity contribution is -0.144. The van der Waals surface area contributed by atoms with Crippen molar-refractivity contribution in [3.8, 4) is 0 Å². The molecule has 182 valence electrons. The number of hydrogen-bond donors (Lipinski definition) is 5. The van der Waals surface area contributed by atoms with Crippen LogP contribution in [0, 0.1) is 11.8 Å². The first kappa shape index (κ1) is 27.3. The van der Waals surface area contributed by atoms with Crippen molar-refractivity contribution < 1.29 is 29.1 Å². The van der Waals surface area contributed by atoms with E-state index in [1.807, 2.05) is 13.8 Å². The van der Waals surface area contributed by atoms with Gasteiger partial charge >= 0.3 is 5.97 Å². The van der Waals surface area contributed by atoms with Crippen molar-refractivity contribution >= 4 is 29.6 Å². The lowest BCUT2D eigenvalue weighted by Crippen LogP contribution is -2.59.